The second-order valence-corrected chi connectivity index (χ2v) is 15.1. The number of ketones is 1. The summed E-state index contributed by atoms with van der Waals surface area (Å²) in [7, 11) is 0. The number of benzene rings is 5. The van der Waals surface area contributed by atoms with E-state index in [0.717, 1.165) is 62.6 Å². The monoisotopic (exact) mass is 865 g/mol. The molecule has 0 atom stereocenters. The number of hydrogen-bond acceptors (Lipinski definition) is 3. The zero-order valence-electron chi connectivity index (χ0n) is 31.5. The smallest absolute Gasteiger partial charge is 0.164 e. The van der Waals surface area contributed by atoms with Crippen molar-refractivity contribution in [3.63, 3.8) is 0 Å². The summed E-state index contributed by atoms with van der Waals surface area (Å²) < 4.78 is 0. The Morgan fingerprint density at radius 1 is 0.692 bits per heavy atom. The molecule has 5 aromatic carbocycles. The summed E-state index contributed by atoms with van der Waals surface area (Å²) in [6.07, 6.45) is 11.1. The van der Waals surface area contributed by atoms with E-state index in [1.54, 1.807) is 0 Å². The second-order valence-electron chi connectivity index (χ2n) is 15.1. The summed E-state index contributed by atoms with van der Waals surface area (Å²) >= 11 is 0. The van der Waals surface area contributed by atoms with Crippen molar-refractivity contribution in [2.24, 2.45) is 10.8 Å². The molecule has 1 N–H and O–H groups in total. The molecule has 0 spiro atoms. The fraction of sp³-hybridized carbons (Fsp3) is 0.333. The second kappa shape index (κ2) is 15.1. The molecule has 0 unspecified atom stereocenters. The molecule has 269 valence electrons. The molecule has 0 fully saturated rings. The van der Waals surface area contributed by atoms with E-state index in [4.69, 9.17) is 4.98 Å². The van der Waals surface area contributed by atoms with Gasteiger partial charge in [0.05, 0.1) is 0 Å². The van der Waals surface area contributed by atoms with E-state index in [9.17, 15) is 9.90 Å². The molecule has 3 nitrogen and oxygen atoms in total. The Hall–Kier alpha value is -4.11. The van der Waals surface area contributed by atoms with Crippen molar-refractivity contribution in [1.29, 1.82) is 0 Å². The zero-order valence-corrected chi connectivity index (χ0v) is 33.8. The molecule has 0 bridgehead atoms. The number of fused-ring (bicyclic) bond motifs is 5. The average molecular weight is 865 g/mol. The molecule has 0 amide bonds. The molecule has 6 aromatic rings. The van der Waals surface area contributed by atoms with Gasteiger partial charge >= 0.3 is 0 Å². The first-order valence-corrected chi connectivity index (χ1v) is 19.0. The van der Waals surface area contributed by atoms with Gasteiger partial charge in [-0.05, 0) is 107 Å². The number of rotatable bonds is 8. The number of aliphatic hydroxyl groups is 1. The number of allylic oxidation sites excluding steroid dienone is 2. The van der Waals surface area contributed by atoms with E-state index in [-0.39, 0.29) is 42.5 Å². The summed E-state index contributed by atoms with van der Waals surface area (Å²) in [6.45, 7) is 12.1. The molecule has 1 heterocycles. The molecule has 0 saturated heterocycles. The van der Waals surface area contributed by atoms with Crippen molar-refractivity contribution in [3.8, 4) is 22.4 Å². The minimum Gasteiger partial charge on any atom is -0.512 e. The van der Waals surface area contributed by atoms with Gasteiger partial charge in [0, 0.05) is 43.2 Å². The molecule has 0 saturated carbocycles. The van der Waals surface area contributed by atoms with E-state index < -0.39 is 0 Å². The first-order chi connectivity index (χ1) is 24.6. The van der Waals surface area contributed by atoms with Gasteiger partial charge in [-0.25, -0.2) is 0 Å². The predicted molar refractivity (Wildman–Crippen MR) is 214 cm³/mol. The summed E-state index contributed by atoms with van der Waals surface area (Å²) in [5.41, 5.74) is 10.4. The molecule has 8 rings (SSSR count). The zero-order chi connectivity index (χ0) is 35.9. The van der Waals surface area contributed by atoms with Gasteiger partial charge in [-0.2, -0.15) is 0 Å². The SMILES string of the molecule is CCC(C)(CC)C(=O)/C=C(\O)C(C)(CC)CC.[Ir].[c-]1c(-c2nccc3c2ccc2c4ccccc4ccc32)cc2c3c1CCc1cccc(c1-3)CC2. The van der Waals surface area contributed by atoms with E-state index in [1.165, 1.54) is 71.8 Å². The maximum atomic E-state index is 12.2. The predicted octanol–water partition coefficient (Wildman–Crippen LogP) is 12.5. The van der Waals surface area contributed by atoms with Crippen molar-refractivity contribution < 1.29 is 30.0 Å². The van der Waals surface area contributed by atoms with Crippen LogP contribution >= 0.6 is 0 Å². The van der Waals surface area contributed by atoms with Gasteiger partial charge < -0.3 is 10.1 Å². The third-order valence-corrected chi connectivity index (χ3v) is 12.5. The van der Waals surface area contributed by atoms with E-state index in [0.29, 0.717) is 0 Å². The molecule has 52 heavy (non-hydrogen) atoms. The summed E-state index contributed by atoms with van der Waals surface area (Å²) in [6, 6.07) is 32.9. The summed E-state index contributed by atoms with van der Waals surface area (Å²) in [4.78, 5) is 17.1. The number of hydrogen-bond donors (Lipinski definition) is 1. The van der Waals surface area contributed by atoms with Crippen LogP contribution in [0, 0.1) is 16.9 Å². The van der Waals surface area contributed by atoms with Crippen molar-refractivity contribution in [3.05, 3.63) is 125 Å². The Bertz CT molecular complexity index is 2280. The van der Waals surface area contributed by atoms with Crippen LogP contribution in [0.4, 0.5) is 0 Å². The fourth-order valence-corrected chi connectivity index (χ4v) is 8.10. The number of aromatic nitrogens is 1. The Kier molecular flexibility index (Phi) is 10.9. The van der Waals surface area contributed by atoms with Crippen molar-refractivity contribution in [2.75, 3.05) is 0 Å². The first kappa shape index (κ1) is 37.6. The minimum atomic E-state index is -0.337. The van der Waals surface area contributed by atoms with Crippen LogP contribution in [0.5, 0.6) is 0 Å². The number of nitrogens with zero attached hydrogens (tertiary/aromatic N) is 1. The third kappa shape index (κ3) is 6.54. The Labute approximate surface area is 322 Å². The van der Waals surface area contributed by atoms with Crippen molar-refractivity contribution in [2.45, 2.75) is 92.9 Å². The van der Waals surface area contributed by atoms with Gasteiger partial charge in [-0.1, -0.05) is 119 Å². The number of aliphatic hydroxyl groups excluding tert-OH is 1. The van der Waals surface area contributed by atoms with Gasteiger partial charge in [-0.15, -0.1) is 28.8 Å². The van der Waals surface area contributed by atoms with Crippen LogP contribution in [0.25, 0.3) is 54.7 Å². The third-order valence-electron chi connectivity index (χ3n) is 12.5. The van der Waals surface area contributed by atoms with Crippen LogP contribution < -0.4 is 0 Å². The molecule has 2 aliphatic carbocycles. The molecule has 1 radical (unpaired) electrons. The minimum absolute atomic E-state index is 0. The number of pyridine rings is 1. The Morgan fingerprint density at radius 3 is 2.00 bits per heavy atom. The van der Waals surface area contributed by atoms with Gasteiger partial charge in [0.2, 0.25) is 0 Å². The topological polar surface area (TPSA) is 50.2 Å². The molecular formula is C48H50IrNO2-. The standard InChI is InChI=1S/C33H22N.C15H28O2.Ir/c1-2-7-26-20(4-1)12-13-28-27(26)14-15-30-29(28)16-17-34-33(30)25-18-23-10-8-21-5-3-6-22-9-11-24(19-25)32(23)31(21)22;1-7-14(5,8-2)12(16)11-13(17)15(6,9-3)10-4;/h1-7,12-18H,8-11H2;11,16H,7-10H2,1-6H3;/q-1;;/b;12-11-;. The molecule has 4 heteroatoms. The van der Waals surface area contributed by atoms with Crippen molar-refractivity contribution in [1.82, 2.24) is 4.98 Å². The van der Waals surface area contributed by atoms with Crippen LogP contribution in [-0.2, 0) is 50.6 Å². The number of carbonyl (C=O) groups excluding carboxylic acids is 1. The largest absolute Gasteiger partial charge is 0.512 e. The van der Waals surface area contributed by atoms with Crippen LogP contribution in [-0.4, -0.2) is 15.9 Å². The van der Waals surface area contributed by atoms with Gasteiger partial charge in [-0.3, -0.25) is 4.79 Å². The summed E-state index contributed by atoms with van der Waals surface area (Å²) in [5.74, 6) is 0.286. The maximum Gasteiger partial charge on any atom is 0.164 e. The molecule has 0 aliphatic heterocycles. The molecular weight excluding hydrogens is 815 g/mol. The van der Waals surface area contributed by atoms with Crippen LogP contribution in [0.1, 0.15) is 89.5 Å². The van der Waals surface area contributed by atoms with E-state index in [2.05, 4.69) is 84.9 Å². The molecule has 2 aliphatic rings. The Morgan fingerprint density at radius 2 is 1.29 bits per heavy atom. The summed E-state index contributed by atoms with van der Waals surface area (Å²) in [5, 5.41) is 17.8. The van der Waals surface area contributed by atoms with Crippen LogP contribution in [0.15, 0.2) is 96.9 Å². The quantitative estimate of drug-likeness (QED) is 0.0718. The van der Waals surface area contributed by atoms with Gasteiger partial charge in [0.1, 0.15) is 5.76 Å². The van der Waals surface area contributed by atoms with E-state index >= 15 is 0 Å². The molecule has 1 aromatic heterocycles. The van der Waals surface area contributed by atoms with Crippen LogP contribution in [0.2, 0.25) is 0 Å². The first-order valence-electron chi connectivity index (χ1n) is 19.0. The average Bonchev–Trinajstić information content (AvgIpc) is 3.18. The normalized spacial score (nSPS) is 13.7. The fourth-order valence-electron chi connectivity index (χ4n) is 8.10. The number of aryl methyl sites for hydroxylation is 4. The van der Waals surface area contributed by atoms with E-state index in [1.807, 2.05) is 47.7 Å². The van der Waals surface area contributed by atoms with Gasteiger partial charge in [0.15, 0.2) is 5.78 Å². The van der Waals surface area contributed by atoms with Crippen molar-refractivity contribution >= 4 is 38.1 Å². The Balaban J connectivity index is 0.000000223. The van der Waals surface area contributed by atoms with Gasteiger partial charge in [0.25, 0.3) is 0 Å². The number of carbonyl (C=O) groups is 1. The maximum absolute atomic E-state index is 12.2. The van der Waals surface area contributed by atoms with Crippen LogP contribution in [0.3, 0.4) is 0 Å².